The molecule has 3 nitrogen and oxygen atoms in total. The first-order valence-corrected chi connectivity index (χ1v) is 3.34. The lowest BCUT2D eigenvalue weighted by Gasteiger charge is -1.96. The Bertz CT molecular complexity index is 155. The molecule has 0 aliphatic heterocycles. The number of hydrogen-bond acceptors (Lipinski definition) is 2. The fourth-order valence-electron chi connectivity index (χ4n) is 0.262. The summed E-state index contributed by atoms with van der Waals surface area (Å²) in [6, 6.07) is 0. The van der Waals surface area contributed by atoms with Gasteiger partial charge in [0.1, 0.15) is 0 Å². The summed E-state index contributed by atoms with van der Waals surface area (Å²) in [6.45, 7) is 9.92. The Labute approximate surface area is 72.3 Å². The van der Waals surface area contributed by atoms with Crippen LogP contribution in [0.15, 0.2) is 38.0 Å². The first-order valence-electron chi connectivity index (χ1n) is 3.34. The fourth-order valence-corrected chi connectivity index (χ4v) is 0.262. The van der Waals surface area contributed by atoms with Crippen LogP contribution in [0.3, 0.4) is 0 Å². The van der Waals surface area contributed by atoms with Crippen molar-refractivity contribution in [1.29, 1.82) is 0 Å². The van der Waals surface area contributed by atoms with Gasteiger partial charge in [-0.15, -0.1) is 6.58 Å². The summed E-state index contributed by atoms with van der Waals surface area (Å²) in [5, 5.41) is 16.5. The Morgan fingerprint density at radius 1 is 1.33 bits per heavy atom. The molecule has 3 heteroatoms. The predicted octanol–water partition coefficient (Wildman–Crippen LogP) is 1.37. The van der Waals surface area contributed by atoms with Crippen LogP contribution in [0.25, 0.3) is 0 Å². The van der Waals surface area contributed by atoms with E-state index in [1.807, 2.05) is 0 Å². The zero-order valence-electron chi connectivity index (χ0n) is 6.94. The van der Waals surface area contributed by atoms with Gasteiger partial charge in [-0.1, -0.05) is 31.4 Å². The van der Waals surface area contributed by atoms with Crippen molar-refractivity contribution in [3.05, 3.63) is 38.0 Å². The lowest BCUT2D eigenvalue weighted by molar-refractivity contribution is -0.138. The molecule has 0 aliphatic carbocycles. The van der Waals surface area contributed by atoms with Crippen LogP contribution in [-0.2, 0) is 4.79 Å². The molecule has 0 fully saturated rings. The van der Waals surface area contributed by atoms with Gasteiger partial charge in [-0.3, -0.25) is 4.79 Å². The molecule has 0 radical (unpaired) electrons. The third-order valence-electron chi connectivity index (χ3n) is 0.823. The summed E-state index contributed by atoms with van der Waals surface area (Å²) >= 11 is 0. The van der Waals surface area contributed by atoms with Crippen LogP contribution >= 0.6 is 0 Å². The lowest BCUT2D eigenvalue weighted by Crippen LogP contribution is -2.08. The minimum atomic E-state index is -1.02. The number of carboxylic acids is 1. The molecule has 1 unspecified atom stereocenters. The molecule has 2 N–H and O–H groups in total. The maximum Gasteiger partial charge on any atom is 0.306 e. The van der Waals surface area contributed by atoms with Crippen LogP contribution in [0, 0.1) is 0 Å². The molecule has 1 atom stereocenters. The Balaban J connectivity index is 0. The van der Waals surface area contributed by atoms with Gasteiger partial charge in [0.2, 0.25) is 0 Å². The quantitative estimate of drug-likeness (QED) is 0.495. The number of carbonyl (C=O) groups is 1. The van der Waals surface area contributed by atoms with Gasteiger partial charge in [0.15, 0.2) is 0 Å². The molecule has 0 amide bonds. The topological polar surface area (TPSA) is 57.5 Å². The molecule has 0 aromatic heterocycles. The van der Waals surface area contributed by atoms with E-state index in [-0.39, 0.29) is 6.42 Å². The zero-order chi connectivity index (χ0) is 9.98. The molecule has 0 rings (SSSR count). The Morgan fingerprint density at radius 3 is 1.83 bits per heavy atom. The molecule has 68 valence electrons. The van der Waals surface area contributed by atoms with Gasteiger partial charge in [-0.2, -0.15) is 0 Å². The molecule has 0 aromatic rings. The van der Waals surface area contributed by atoms with Crippen molar-refractivity contribution in [3.8, 4) is 0 Å². The van der Waals surface area contributed by atoms with E-state index in [1.54, 1.807) is 12.2 Å². The molecule has 12 heavy (non-hydrogen) atoms. The van der Waals surface area contributed by atoms with Gasteiger partial charge in [-0.05, 0) is 0 Å². The second-order valence-corrected chi connectivity index (χ2v) is 1.87. The third-order valence-corrected chi connectivity index (χ3v) is 0.823. The summed E-state index contributed by atoms with van der Waals surface area (Å²) in [5.41, 5.74) is 0. The van der Waals surface area contributed by atoms with Crippen LogP contribution in [0.5, 0.6) is 0 Å². The molecule has 0 heterocycles. The minimum absolute atomic E-state index is 0.260. The SMILES string of the molecule is C=CC(O)CC(=O)O.C=CC=C. The summed E-state index contributed by atoms with van der Waals surface area (Å²) in [6.07, 6.45) is 3.30. The Hall–Kier alpha value is -1.35. The lowest BCUT2D eigenvalue weighted by atomic mass is 10.2. The van der Waals surface area contributed by atoms with Gasteiger partial charge in [0.05, 0.1) is 12.5 Å². The molecule has 0 saturated carbocycles. The van der Waals surface area contributed by atoms with Crippen molar-refractivity contribution in [2.45, 2.75) is 12.5 Å². The Morgan fingerprint density at radius 2 is 1.75 bits per heavy atom. The van der Waals surface area contributed by atoms with E-state index >= 15 is 0 Å². The molecule has 0 aliphatic rings. The predicted molar refractivity (Wildman–Crippen MR) is 48.9 cm³/mol. The highest BCUT2D eigenvalue weighted by atomic mass is 16.4. The molecule has 0 spiro atoms. The van der Waals surface area contributed by atoms with E-state index < -0.39 is 12.1 Å². The highest BCUT2D eigenvalue weighted by Crippen LogP contribution is 1.89. The van der Waals surface area contributed by atoms with Crippen LogP contribution in [0.2, 0.25) is 0 Å². The highest BCUT2D eigenvalue weighted by molar-refractivity contribution is 5.67. The van der Waals surface area contributed by atoms with Crippen molar-refractivity contribution < 1.29 is 15.0 Å². The number of rotatable bonds is 4. The van der Waals surface area contributed by atoms with E-state index in [9.17, 15) is 4.79 Å². The first-order chi connectivity index (χ1) is 5.58. The maximum atomic E-state index is 9.76. The van der Waals surface area contributed by atoms with Gasteiger partial charge in [-0.25, -0.2) is 0 Å². The zero-order valence-corrected chi connectivity index (χ0v) is 6.94. The second kappa shape index (κ2) is 9.65. The van der Waals surface area contributed by atoms with Crippen LogP contribution < -0.4 is 0 Å². The molecule has 0 bridgehead atoms. The second-order valence-electron chi connectivity index (χ2n) is 1.87. The highest BCUT2D eigenvalue weighted by Gasteiger charge is 2.02. The molecular formula is C9H14O3. The molecule has 0 saturated heterocycles. The summed E-state index contributed by atoms with van der Waals surface area (Å²) in [5.74, 6) is -1.02. The van der Waals surface area contributed by atoms with Crippen LogP contribution in [0.1, 0.15) is 6.42 Å². The van der Waals surface area contributed by atoms with E-state index in [0.29, 0.717) is 0 Å². The van der Waals surface area contributed by atoms with Gasteiger partial charge in [0.25, 0.3) is 0 Å². The standard InChI is InChI=1S/C5H8O3.C4H6/c1-2-4(6)3-5(7)8;1-3-4-2/h2,4,6H,1,3H2,(H,7,8);3-4H,1-2H2. The van der Waals surface area contributed by atoms with Crippen LogP contribution in [0.4, 0.5) is 0 Å². The van der Waals surface area contributed by atoms with Crippen molar-refractivity contribution in [2.75, 3.05) is 0 Å². The molecular weight excluding hydrogens is 156 g/mol. The summed E-state index contributed by atoms with van der Waals surface area (Å²) < 4.78 is 0. The van der Waals surface area contributed by atoms with Crippen molar-refractivity contribution in [2.24, 2.45) is 0 Å². The first kappa shape index (κ1) is 13.3. The number of allylic oxidation sites excluding steroid dienone is 2. The van der Waals surface area contributed by atoms with Gasteiger partial charge < -0.3 is 10.2 Å². The minimum Gasteiger partial charge on any atom is -0.481 e. The number of carboxylic acid groups (broad SMARTS) is 1. The van der Waals surface area contributed by atoms with Gasteiger partial charge >= 0.3 is 5.97 Å². The average Bonchev–Trinajstić information content (AvgIpc) is 2.04. The summed E-state index contributed by atoms with van der Waals surface area (Å²) in [4.78, 5) is 9.76. The van der Waals surface area contributed by atoms with E-state index in [0.717, 1.165) is 0 Å². The Kier molecular flexibility index (Phi) is 10.7. The fraction of sp³-hybridized carbons (Fsp3) is 0.222. The maximum absolute atomic E-state index is 9.76. The normalized spacial score (nSPS) is 10.1. The van der Waals surface area contributed by atoms with Crippen molar-refractivity contribution >= 4 is 5.97 Å². The largest absolute Gasteiger partial charge is 0.481 e. The van der Waals surface area contributed by atoms with E-state index in [2.05, 4.69) is 19.7 Å². The number of aliphatic hydroxyl groups is 1. The van der Waals surface area contributed by atoms with E-state index in [4.69, 9.17) is 10.2 Å². The summed E-state index contributed by atoms with van der Waals surface area (Å²) in [7, 11) is 0. The van der Waals surface area contributed by atoms with Gasteiger partial charge in [0, 0.05) is 0 Å². The number of aliphatic carboxylic acids is 1. The van der Waals surface area contributed by atoms with Crippen molar-refractivity contribution in [3.63, 3.8) is 0 Å². The smallest absolute Gasteiger partial charge is 0.306 e. The number of aliphatic hydroxyl groups excluding tert-OH is 1. The average molecular weight is 170 g/mol. The van der Waals surface area contributed by atoms with Crippen molar-refractivity contribution in [1.82, 2.24) is 0 Å². The molecule has 0 aromatic carbocycles. The van der Waals surface area contributed by atoms with Crippen LogP contribution in [-0.4, -0.2) is 22.3 Å². The van der Waals surface area contributed by atoms with E-state index in [1.165, 1.54) is 6.08 Å². The number of hydrogen-bond donors (Lipinski definition) is 2. The monoisotopic (exact) mass is 170 g/mol. The third kappa shape index (κ3) is 15.9.